The van der Waals surface area contributed by atoms with E-state index in [9.17, 15) is 9.59 Å². The third-order valence-electron chi connectivity index (χ3n) is 4.44. The van der Waals surface area contributed by atoms with E-state index in [-0.39, 0.29) is 0 Å². The summed E-state index contributed by atoms with van der Waals surface area (Å²) in [4.78, 5) is 24.7. The number of para-hydroxylation sites is 1. The van der Waals surface area contributed by atoms with Crippen LogP contribution in [0.1, 0.15) is 12.5 Å². The Hall–Kier alpha value is -3.19. The van der Waals surface area contributed by atoms with E-state index < -0.39 is 17.7 Å². The van der Waals surface area contributed by atoms with Crippen molar-refractivity contribution in [3.8, 4) is 5.75 Å². The maximum atomic E-state index is 12.3. The predicted molar refractivity (Wildman–Crippen MR) is 118 cm³/mol. The number of hydrogen-bond acceptors (Lipinski definition) is 4. The van der Waals surface area contributed by atoms with Crippen molar-refractivity contribution in [2.45, 2.75) is 6.92 Å². The zero-order chi connectivity index (χ0) is 20.8. The molecule has 0 saturated carbocycles. The molecule has 1 atom stereocenters. The highest BCUT2D eigenvalue weighted by Crippen LogP contribution is 2.26. The number of carbonyl (C=O) groups is 2. The first kappa shape index (κ1) is 20.5. The third-order valence-corrected chi connectivity index (χ3v) is 5.13. The Morgan fingerprint density at radius 1 is 1.03 bits per heavy atom. The maximum Gasteiger partial charge on any atom is 0.252 e. The smallest absolute Gasteiger partial charge is 0.252 e. The number of halogens is 1. The van der Waals surface area contributed by atoms with E-state index in [1.54, 1.807) is 19.2 Å². The van der Waals surface area contributed by atoms with Gasteiger partial charge in [-0.25, -0.2) is 5.43 Å². The number of anilines is 1. The van der Waals surface area contributed by atoms with E-state index in [1.807, 2.05) is 48.5 Å². The Morgan fingerprint density at radius 2 is 1.76 bits per heavy atom. The lowest BCUT2D eigenvalue weighted by Gasteiger charge is -2.12. The average molecular weight is 454 g/mol. The van der Waals surface area contributed by atoms with Gasteiger partial charge in [0.05, 0.1) is 19.0 Å². The van der Waals surface area contributed by atoms with Crippen LogP contribution >= 0.6 is 15.9 Å². The van der Waals surface area contributed by atoms with Crippen LogP contribution in [0.15, 0.2) is 70.2 Å². The molecule has 0 bridgehead atoms. The van der Waals surface area contributed by atoms with Crippen molar-refractivity contribution in [1.82, 2.24) is 5.43 Å². The van der Waals surface area contributed by atoms with Gasteiger partial charge < -0.3 is 10.1 Å². The molecule has 3 rings (SSSR count). The largest absolute Gasteiger partial charge is 0.496 e. The number of carbonyl (C=O) groups excluding carboxylic acids is 2. The van der Waals surface area contributed by atoms with Crippen molar-refractivity contribution in [1.29, 1.82) is 0 Å². The second-order valence-electron chi connectivity index (χ2n) is 6.33. The quantitative estimate of drug-likeness (QED) is 0.331. The van der Waals surface area contributed by atoms with Crippen LogP contribution in [0, 0.1) is 5.92 Å². The van der Waals surface area contributed by atoms with Gasteiger partial charge in [-0.05, 0) is 51.8 Å². The first-order valence-corrected chi connectivity index (χ1v) is 9.74. The minimum Gasteiger partial charge on any atom is -0.496 e. The highest BCUT2D eigenvalue weighted by Gasteiger charge is 2.21. The van der Waals surface area contributed by atoms with Crippen LogP contribution in [0.3, 0.4) is 0 Å². The summed E-state index contributed by atoms with van der Waals surface area (Å²) >= 11 is 3.36. The summed E-state index contributed by atoms with van der Waals surface area (Å²) in [7, 11) is 1.58. The monoisotopic (exact) mass is 453 g/mol. The number of rotatable bonds is 6. The molecule has 6 nitrogen and oxygen atoms in total. The molecule has 2 amide bonds. The van der Waals surface area contributed by atoms with Gasteiger partial charge in [0.25, 0.3) is 5.91 Å². The first-order valence-electron chi connectivity index (χ1n) is 8.95. The maximum absolute atomic E-state index is 12.3. The van der Waals surface area contributed by atoms with Gasteiger partial charge in [-0.1, -0.05) is 42.5 Å². The highest BCUT2D eigenvalue weighted by atomic mass is 79.9. The first-order chi connectivity index (χ1) is 14.0. The van der Waals surface area contributed by atoms with Gasteiger partial charge in [-0.15, -0.1) is 0 Å². The summed E-state index contributed by atoms with van der Waals surface area (Å²) in [6, 6.07) is 18.8. The van der Waals surface area contributed by atoms with E-state index in [0.717, 1.165) is 20.8 Å². The van der Waals surface area contributed by atoms with Crippen LogP contribution in [-0.2, 0) is 9.59 Å². The fraction of sp³-hybridized carbons (Fsp3) is 0.136. The number of hydrogen-bond donors (Lipinski definition) is 2. The molecule has 7 heteroatoms. The Morgan fingerprint density at radius 3 is 2.52 bits per heavy atom. The SMILES string of the molecule is COc1ccc2ccccc2c1C=NNC(=O)C(C)C(=O)Nc1ccccc1Br. The molecule has 3 aromatic carbocycles. The summed E-state index contributed by atoms with van der Waals surface area (Å²) in [5.74, 6) is -1.22. The standard InChI is InChI=1S/C22H20BrN3O3/c1-14(21(27)25-19-10-6-5-9-18(19)23)22(28)26-24-13-17-16-8-4-3-7-15(16)11-12-20(17)29-2/h3-14H,1-2H3,(H,25,27)(H,26,28). The fourth-order valence-corrected chi connectivity index (χ4v) is 3.15. The molecular weight excluding hydrogens is 434 g/mol. The lowest BCUT2D eigenvalue weighted by Crippen LogP contribution is -2.34. The summed E-state index contributed by atoms with van der Waals surface area (Å²) in [5.41, 5.74) is 3.78. The van der Waals surface area contributed by atoms with Crippen LogP contribution in [0.25, 0.3) is 10.8 Å². The molecule has 29 heavy (non-hydrogen) atoms. The number of methoxy groups -OCH3 is 1. The number of benzene rings is 3. The second kappa shape index (κ2) is 9.34. The van der Waals surface area contributed by atoms with E-state index >= 15 is 0 Å². The van der Waals surface area contributed by atoms with E-state index in [4.69, 9.17) is 4.74 Å². The van der Waals surface area contributed by atoms with Crippen LogP contribution in [0.2, 0.25) is 0 Å². The summed E-state index contributed by atoms with van der Waals surface area (Å²) < 4.78 is 6.14. The molecule has 0 radical (unpaired) electrons. The van der Waals surface area contributed by atoms with Crippen molar-refractivity contribution in [3.05, 3.63) is 70.7 Å². The Bertz CT molecular complexity index is 1080. The van der Waals surface area contributed by atoms with Gasteiger partial charge in [-0.3, -0.25) is 9.59 Å². The van der Waals surface area contributed by atoms with Crippen LogP contribution < -0.4 is 15.5 Å². The molecule has 1 unspecified atom stereocenters. The van der Waals surface area contributed by atoms with Crippen LogP contribution in [0.5, 0.6) is 5.75 Å². The van der Waals surface area contributed by atoms with Gasteiger partial charge in [0.2, 0.25) is 5.91 Å². The molecule has 0 heterocycles. The molecule has 0 aliphatic rings. The van der Waals surface area contributed by atoms with E-state index in [2.05, 4.69) is 31.8 Å². The molecule has 3 aromatic rings. The minimum atomic E-state index is -0.923. The zero-order valence-corrected chi connectivity index (χ0v) is 17.6. The summed E-state index contributed by atoms with van der Waals surface area (Å²) in [6.07, 6.45) is 1.53. The Labute approximate surface area is 177 Å². The molecule has 0 saturated heterocycles. The van der Waals surface area contributed by atoms with Gasteiger partial charge in [-0.2, -0.15) is 5.10 Å². The molecule has 0 spiro atoms. The fourth-order valence-electron chi connectivity index (χ4n) is 2.77. The van der Waals surface area contributed by atoms with Gasteiger partial charge in [0.15, 0.2) is 0 Å². The normalized spacial score (nSPS) is 12.0. The molecular formula is C22H20BrN3O3. The van der Waals surface area contributed by atoms with Crippen molar-refractivity contribution in [2.24, 2.45) is 11.0 Å². The van der Waals surface area contributed by atoms with Gasteiger partial charge >= 0.3 is 0 Å². The van der Waals surface area contributed by atoms with E-state index in [1.165, 1.54) is 13.1 Å². The predicted octanol–water partition coefficient (Wildman–Crippen LogP) is 4.34. The second-order valence-corrected chi connectivity index (χ2v) is 7.18. The van der Waals surface area contributed by atoms with Crippen LogP contribution in [-0.4, -0.2) is 25.1 Å². The molecule has 0 aliphatic carbocycles. The lowest BCUT2D eigenvalue weighted by molar-refractivity contribution is -0.131. The molecule has 0 aromatic heterocycles. The summed E-state index contributed by atoms with van der Waals surface area (Å²) in [6.45, 7) is 1.52. The molecule has 0 fully saturated rings. The number of nitrogens with zero attached hydrogens (tertiary/aromatic N) is 1. The van der Waals surface area contributed by atoms with Crippen molar-refractivity contribution < 1.29 is 14.3 Å². The molecule has 148 valence electrons. The molecule has 2 N–H and O–H groups in total. The third kappa shape index (κ3) is 4.81. The number of hydrazone groups is 1. The van der Waals surface area contributed by atoms with E-state index in [0.29, 0.717) is 11.4 Å². The van der Waals surface area contributed by atoms with Gasteiger partial charge in [0.1, 0.15) is 11.7 Å². The average Bonchev–Trinajstić information content (AvgIpc) is 2.74. The van der Waals surface area contributed by atoms with Crippen molar-refractivity contribution >= 4 is 50.4 Å². The molecule has 0 aliphatic heterocycles. The van der Waals surface area contributed by atoms with Crippen LogP contribution in [0.4, 0.5) is 5.69 Å². The number of fused-ring (bicyclic) bond motifs is 1. The van der Waals surface area contributed by atoms with Crippen molar-refractivity contribution in [2.75, 3.05) is 12.4 Å². The number of nitrogens with one attached hydrogen (secondary N) is 2. The van der Waals surface area contributed by atoms with Crippen molar-refractivity contribution in [3.63, 3.8) is 0 Å². The highest BCUT2D eigenvalue weighted by molar-refractivity contribution is 9.10. The zero-order valence-electron chi connectivity index (χ0n) is 16.0. The number of amides is 2. The number of ether oxygens (including phenoxy) is 1. The Balaban J connectivity index is 1.70. The minimum absolute atomic E-state index is 0.424. The van der Waals surface area contributed by atoms with Gasteiger partial charge in [0, 0.05) is 10.0 Å². The topological polar surface area (TPSA) is 79.8 Å². The summed E-state index contributed by atoms with van der Waals surface area (Å²) in [5, 5.41) is 8.74. The Kier molecular flexibility index (Phi) is 6.61. The lowest BCUT2D eigenvalue weighted by atomic mass is 10.0.